The molecule has 0 amide bonds. The maximum Gasteiger partial charge on any atom is 0.0663 e. The van der Waals surface area contributed by atoms with E-state index >= 15 is 0 Å². The summed E-state index contributed by atoms with van der Waals surface area (Å²) in [6, 6.07) is 8.49. The van der Waals surface area contributed by atoms with Crippen molar-refractivity contribution in [2.45, 2.75) is 60.9 Å². The highest BCUT2D eigenvalue weighted by Gasteiger charge is 2.17. The van der Waals surface area contributed by atoms with Crippen LogP contribution in [0.15, 0.2) is 42.0 Å². The number of allylic oxidation sites excluding steroid dienone is 1. The van der Waals surface area contributed by atoms with E-state index in [0.29, 0.717) is 0 Å². The van der Waals surface area contributed by atoms with Gasteiger partial charge in [0.1, 0.15) is 0 Å². The van der Waals surface area contributed by atoms with E-state index in [9.17, 15) is 0 Å². The number of aromatic nitrogens is 1. The lowest BCUT2D eigenvalue weighted by atomic mass is 9.83. The summed E-state index contributed by atoms with van der Waals surface area (Å²) in [7, 11) is 0. The maximum absolute atomic E-state index is 4.83. The van der Waals surface area contributed by atoms with Crippen molar-refractivity contribution in [2.75, 3.05) is 5.32 Å². The van der Waals surface area contributed by atoms with Gasteiger partial charge >= 0.3 is 0 Å². The lowest BCUT2D eigenvalue weighted by Gasteiger charge is -2.22. The monoisotopic (exact) mass is 351 g/mol. The number of nitrogens with zero attached hydrogens (tertiary/aromatic N) is 1. The normalized spacial score (nSPS) is 13.0. The van der Waals surface area contributed by atoms with Gasteiger partial charge in [0.25, 0.3) is 0 Å². The Morgan fingerprint density at radius 2 is 1.73 bits per heavy atom. The summed E-state index contributed by atoms with van der Waals surface area (Å²) in [5, 5.41) is 3.47. The molecule has 140 valence electrons. The molecular formula is C23H33N3. The van der Waals surface area contributed by atoms with Gasteiger partial charge in [-0.15, -0.1) is 0 Å². The zero-order chi connectivity index (χ0) is 19.7. The molecular weight excluding hydrogens is 318 g/mol. The summed E-state index contributed by atoms with van der Waals surface area (Å²) >= 11 is 0. The molecule has 0 radical (unpaired) electrons. The summed E-state index contributed by atoms with van der Waals surface area (Å²) in [6.07, 6.45) is 1.99. The fraction of sp³-hybridized carbons (Fsp3) is 0.435. The van der Waals surface area contributed by atoms with E-state index < -0.39 is 0 Å². The van der Waals surface area contributed by atoms with Crippen LogP contribution >= 0.6 is 0 Å². The predicted octanol–water partition coefficient (Wildman–Crippen LogP) is 6.73. The van der Waals surface area contributed by atoms with Crippen molar-refractivity contribution >= 4 is 22.7 Å². The predicted molar refractivity (Wildman–Crippen MR) is 116 cm³/mol. The third-order valence-corrected chi connectivity index (χ3v) is 4.33. The standard InChI is InChI=1S/C23H33N3/c1-15-12-18(16(2)22(4,5)6)10-11-20(15)25-17(3)21-13-19(14-24-21)26-23(7,8)9/h10-14,24,26H,2H2,1,3-9H3. The number of hydrogen-bond acceptors (Lipinski definition) is 2. The molecule has 0 saturated carbocycles. The van der Waals surface area contributed by atoms with Crippen LogP contribution in [0, 0.1) is 12.3 Å². The Morgan fingerprint density at radius 1 is 1.08 bits per heavy atom. The van der Waals surface area contributed by atoms with Crippen molar-refractivity contribution in [3.05, 3.63) is 53.9 Å². The van der Waals surface area contributed by atoms with Crippen LogP contribution in [-0.4, -0.2) is 16.2 Å². The van der Waals surface area contributed by atoms with Crippen LogP contribution in [0.2, 0.25) is 0 Å². The molecule has 26 heavy (non-hydrogen) atoms. The minimum Gasteiger partial charge on any atom is -0.379 e. The van der Waals surface area contributed by atoms with Gasteiger partial charge in [0, 0.05) is 11.7 Å². The number of H-pyrrole nitrogens is 1. The first-order chi connectivity index (χ1) is 11.9. The number of aryl methyl sites for hydroxylation is 1. The van der Waals surface area contributed by atoms with Crippen LogP contribution in [0.4, 0.5) is 11.4 Å². The Labute approximate surface area is 158 Å². The Hall–Kier alpha value is -2.29. The lowest BCUT2D eigenvalue weighted by Crippen LogP contribution is -2.25. The SMILES string of the molecule is C=C(c1ccc(N=C(C)c2cc(NC(C)(C)C)c[nH]2)c(C)c1)C(C)(C)C. The van der Waals surface area contributed by atoms with E-state index in [1.165, 1.54) is 5.56 Å². The van der Waals surface area contributed by atoms with Gasteiger partial charge in [-0.1, -0.05) is 33.4 Å². The molecule has 2 rings (SSSR count). The van der Waals surface area contributed by atoms with Crippen LogP contribution in [-0.2, 0) is 0 Å². The van der Waals surface area contributed by atoms with Gasteiger partial charge in [-0.3, -0.25) is 4.99 Å². The van der Waals surface area contributed by atoms with Crippen molar-refractivity contribution in [1.82, 2.24) is 4.98 Å². The summed E-state index contributed by atoms with van der Waals surface area (Å²) in [4.78, 5) is 8.14. The van der Waals surface area contributed by atoms with E-state index in [1.54, 1.807) is 0 Å². The summed E-state index contributed by atoms with van der Waals surface area (Å²) in [5.41, 5.74) is 7.66. The summed E-state index contributed by atoms with van der Waals surface area (Å²) in [6.45, 7) is 21.4. The molecule has 0 aliphatic heterocycles. The van der Waals surface area contributed by atoms with E-state index in [0.717, 1.165) is 33.9 Å². The average molecular weight is 352 g/mol. The second-order valence-corrected chi connectivity index (χ2v) is 9.10. The Bertz CT molecular complexity index is 824. The van der Waals surface area contributed by atoms with E-state index in [2.05, 4.69) is 89.6 Å². The minimum absolute atomic E-state index is 0.0341. The number of rotatable bonds is 4. The number of benzene rings is 1. The van der Waals surface area contributed by atoms with Crippen LogP contribution in [0.3, 0.4) is 0 Å². The number of nitrogens with one attached hydrogen (secondary N) is 2. The van der Waals surface area contributed by atoms with Gasteiger partial charge in [0.15, 0.2) is 0 Å². The Morgan fingerprint density at radius 3 is 2.27 bits per heavy atom. The number of aromatic amines is 1. The third-order valence-electron chi connectivity index (χ3n) is 4.33. The first-order valence-corrected chi connectivity index (χ1v) is 9.19. The zero-order valence-corrected chi connectivity index (χ0v) is 17.5. The molecule has 0 spiro atoms. The second kappa shape index (κ2) is 7.14. The summed E-state index contributed by atoms with van der Waals surface area (Å²) in [5.74, 6) is 0. The quantitative estimate of drug-likeness (QED) is 0.589. The van der Waals surface area contributed by atoms with Crippen LogP contribution in [0.1, 0.15) is 65.3 Å². The highest BCUT2D eigenvalue weighted by molar-refractivity contribution is 5.99. The first-order valence-electron chi connectivity index (χ1n) is 9.19. The number of anilines is 1. The fourth-order valence-corrected chi connectivity index (χ4v) is 2.75. The lowest BCUT2D eigenvalue weighted by molar-refractivity contribution is 0.568. The van der Waals surface area contributed by atoms with Gasteiger partial charge in [-0.25, -0.2) is 0 Å². The Balaban J connectivity index is 2.25. The van der Waals surface area contributed by atoms with Crippen LogP contribution < -0.4 is 5.32 Å². The van der Waals surface area contributed by atoms with Gasteiger partial charge in [0.05, 0.1) is 22.8 Å². The second-order valence-electron chi connectivity index (χ2n) is 9.10. The topological polar surface area (TPSA) is 40.2 Å². The molecule has 0 aliphatic rings. The van der Waals surface area contributed by atoms with Crippen molar-refractivity contribution in [1.29, 1.82) is 0 Å². The van der Waals surface area contributed by atoms with Gasteiger partial charge in [0.2, 0.25) is 0 Å². The molecule has 2 aromatic rings. The largest absolute Gasteiger partial charge is 0.379 e. The van der Waals surface area contributed by atoms with Crippen molar-refractivity contribution in [2.24, 2.45) is 10.4 Å². The third kappa shape index (κ3) is 5.10. The molecule has 0 atom stereocenters. The number of aliphatic imine (C=N–C) groups is 1. The van der Waals surface area contributed by atoms with Crippen LogP contribution in [0.5, 0.6) is 0 Å². The van der Waals surface area contributed by atoms with E-state index in [4.69, 9.17) is 4.99 Å². The fourth-order valence-electron chi connectivity index (χ4n) is 2.75. The first kappa shape index (κ1) is 20.0. The van der Waals surface area contributed by atoms with Crippen molar-refractivity contribution in [3.8, 4) is 0 Å². The molecule has 1 heterocycles. The Kier molecular flexibility index (Phi) is 5.50. The van der Waals surface area contributed by atoms with Crippen molar-refractivity contribution < 1.29 is 0 Å². The molecule has 0 aliphatic carbocycles. The highest BCUT2D eigenvalue weighted by atomic mass is 15.0. The summed E-state index contributed by atoms with van der Waals surface area (Å²) < 4.78 is 0. The van der Waals surface area contributed by atoms with E-state index in [-0.39, 0.29) is 11.0 Å². The van der Waals surface area contributed by atoms with Crippen LogP contribution in [0.25, 0.3) is 5.57 Å². The minimum atomic E-state index is 0.0341. The molecule has 1 aromatic carbocycles. The van der Waals surface area contributed by atoms with Crippen molar-refractivity contribution in [3.63, 3.8) is 0 Å². The molecule has 0 fully saturated rings. The molecule has 0 saturated heterocycles. The molecule has 1 aromatic heterocycles. The van der Waals surface area contributed by atoms with Gasteiger partial charge < -0.3 is 10.3 Å². The molecule has 3 nitrogen and oxygen atoms in total. The van der Waals surface area contributed by atoms with E-state index in [1.807, 2.05) is 13.1 Å². The zero-order valence-electron chi connectivity index (χ0n) is 17.5. The molecule has 0 unspecified atom stereocenters. The molecule has 0 bridgehead atoms. The smallest absolute Gasteiger partial charge is 0.0663 e. The average Bonchev–Trinajstić information content (AvgIpc) is 2.94. The maximum atomic E-state index is 4.83. The van der Waals surface area contributed by atoms with Gasteiger partial charge in [-0.05, 0) is 74.9 Å². The highest BCUT2D eigenvalue weighted by Crippen LogP contribution is 2.34. The molecule has 3 heteroatoms. The number of hydrogen-bond donors (Lipinski definition) is 2. The molecule has 2 N–H and O–H groups in total. The van der Waals surface area contributed by atoms with Gasteiger partial charge in [-0.2, -0.15) is 0 Å².